The molecule has 0 aromatic heterocycles. The Kier molecular flexibility index (Phi) is 5.97. The van der Waals surface area contributed by atoms with Crippen LogP contribution in [0.25, 0.3) is 0 Å². The highest BCUT2D eigenvalue weighted by atomic mass is 16.2. The van der Waals surface area contributed by atoms with Crippen LogP contribution in [0.3, 0.4) is 0 Å². The molecule has 0 radical (unpaired) electrons. The second kappa shape index (κ2) is 8.65. The number of piperidine rings is 2. The average Bonchev–Trinajstić information content (AvgIpc) is 2.98. The SMILES string of the molecule is CCN(Cc1ccc2c(c1)C(=O)N(C1CCC(=O)NC1=O)C2=O)C[C@H]1CCCCN1. The molecular formula is C22H28N4O4. The van der Waals surface area contributed by atoms with Gasteiger partial charge in [-0.05, 0) is 50.0 Å². The first-order valence-electron chi connectivity index (χ1n) is 10.8. The van der Waals surface area contributed by atoms with Crippen molar-refractivity contribution >= 4 is 23.6 Å². The normalized spacial score (nSPS) is 24.4. The zero-order chi connectivity index (χ0) is 21.3. The van der Waals surface area contributed by atoms with Gasteiger partial charge in [-0.2, -0.15) is 0 Å². The summed E-state index contributed by atoms with van der Waals surface area (Å²) in [5, 5.41) is 5.79. The van der Waals surface area contributed by atoms with Crippen molar-refractivity contribution in [1.29, 1.82) is 0 Å². The Hall–Kier alpha value is -2.58. The van der Waals surface area contributed by atoms with E-state index in [2.05, 4.69) is 22.5 Å². The summed E-state index contributed by atoms with van der Waals surface area (Å²) in [5.41, 5.74) is 1.64. The predicted octanol–water partition coefficient (Wildman–Crippen LogP) is 1.05. The first-order valence-corrected chi connectivity index (χ1v) is 10.8. The molecule has 4 rings (SSSR count). The summed E-state index contributed by atoms with van der Waals surface area (Å²) in [5.74, 6) is -1.88. The van der Waals surface area contributed by atoms with Gasteiger partial charge in [-0.15, -0.1) is 0 Å². The minimum Gasteiger partial charge on any atom is -0.313 e. The van der Waals surface area contributed by atoms with Crippen LogP contribution in [-0.4, -0.2) is 65.1 Å². The molecule has 0 spiro atoms. The fourth-order valence-electron chi connectivity index (χ4n) is 4.57. The van der Waals surface area contributed by atoms with Crippen LogP contribution in [0, 0.1) is 0 Å². The summed E-state index contributed by atoms with van der Waals surface area (Å²) in [4.78, 5) is 52.7. The highest BCUT2D eigenvalue weighted by Crippen LogP contribution is 2.28. The minimum absolute atomic E-state index is 0.121. The number of fused-ring (bicyclic) bond motifs is 1. The fraction of sp³-hybridized carbons (Fsp3) is 0.545. The van der Waals surface area contributed by atoms with Crippen molar-refractivity contribution in [2.75, 3.05) is 19.6 Å². The largest absolute Gasteiger partial charge is 0.313 e. The Morgan fingerprint density at radius 1 is 1.07 bits per heavy atom. The van der Waals surface area contributed by atoms with E-state index in [0.717, 1.165) is 30.1 Å². The Morgan fingerprint density at radius 3 is 2.57 bits per heavy atom. The first-order chi connectivity index (χ1) is 14.5. The van der Waals surface area contributed by atoms with E-state index in [-0.39, 0.29) is 18.7 Å². The van der Waals surface area contributed by atoms with Gasteiger partial charge in [0.25, 0.3) is 11.8 Å². The molecular weight excluding hydrogens is 384 g/mol. The number of hydrogen-bond acceptors (Lipinski definition) is 6. The molecule has 0 aliphatic carbocycles. The minimum atomic E-state index is -0.928. The maximum atomic E-state index is 13.0. The lowest BCUT2D eigenvalue weighted by molar-refractivity contribution is -0.136. The van der Waals surface area contributed by atoms with Crippen LogP contribution in [0.15, 0.2) is 18.2 Å². The third-order valence-corrected chi connectivity index (χ3v) is 6.25. The van der Waals surface area contributed by atoms with E-state index in [1.165, 1.54) is 19.3 Å². The van der Waals surface area contributed by atoms with Crippen molar-refractivity contribution in [3.05, 3.63) is 34.9 Å². The van der Waals surface area contributed by atoms with Gasteiger partial charge in [-0.25, -0.2) is 0 Å². The van der Waals surface area contributed by atoms with Crippen LogP contribution in [0.1, 0.15) is 65.3 Å². The van der Waals surface area contributed by atoms with Crippen molar-refractivity contribution in [2.45, 2.75) is 57.7 Å². The molecule has 4 amide bonds. The lowest BCUT2D eigenvalue weighted by atomic mass is 10.0. The standard InChI is InChI=1S/C22H28N4O4/c1-2-25(13-15-5-3-4-10-23-15)12-14-6-7-16-17(11-14)22(30)26(21(16)29)18-8-9-19(27)24-20(18)28/h6-7,11,15,18,23H,2-5,8-10,12-13H2,1H3,(H,24,27,28)/t15-,18?/m1/s1. The van der Waals surface area contributed by atoms with E-state index >= 15 is 0 Å². The number of nitrogens with zero attached hydrogens (tertiary/aromatic N) is 2. The number of rotatable bonds is 6. The van der Waals surface area contributed by atoms with Crippen LogP contribution in [0.2, 0.25) is 0 Å². The van der Waals surface area contributed by atoms with E-state index in [1.54, 1.807) is 12.1 Å². The van der Waals surface area contributed by atoms with Gasteiger partial charge < -0.3 is 5.32 Å². The summed E-state index contributed by atoms with van der Waals surface area (Å²) >= 11 is 0. The number of hydrogen-bond donors (Lipinski definition) is 2. The van der Waals surface area contributed by atoms with Crippen molar-refractivity contribution in [2.24, 2.45) is 0 Å². The van der Waals surface area contributed by atoms with E-state index in [9.17, 15) is 19.2 Å². The topological polar surface area (TPSA) is 98.8 Å². The van der Waals surface area contributed by atoms with E-state index in [1.807, 2.05) is 6.07 Å². The number of carbonyl (C=O) groups excluding carboxylic acids is 4. The first kappa shape index (κ1) is 20.7. The van der Waals surface area contributed by atoms with Crippen LogP contribution in [0.5, 0.6) is 0 Å². The quantitative estimate of drug-likeness (QED) is 0.678. The van der Waals surface area contributed by atoms with Crippen molar-refractivity contribution in [1.82, 2.24) is 20.4 Å². The maximum absolute atomic E-state index is 13.0. The zero-order valence-corrected chi connectivity index (χ0v) is 17.3. The van der Waals surface area contributed by atoms with Gasteiger partial charge in [0.1, 0.15) is 6.04 Å². The van der Waals surface area contributed by atoms with Gasteiger partial charge in [0.05, 0.1) is 11.1 Å². The van der Waals surface area contributed by atoms with Gasteiger partial charge in [0.2, 0.25) is 11.8 Å². The van der Waals surface area contributed by atoms with E-state index < -0.39 is 23.8 Å². The lowest BCUT2D eigenvalue weighted by Gasteiger charge is -2.30. The number of carbonyl (C=O) groups is 4. The Morgan fingerprint density at radius 2 is 1.87 bits per heavy atom. The van der Waals surface area contributed by atoms with Gasteiger partial charge in [-0.1, -0.05) is 19.4 Å². The lowest BCUT2D eigenvalue weighted by Crippen LogP contribution is -2.54. The fourth-order valence-corrected chi connectivity index (χ4v) is 4.57. The zero-order valence-electron chi connectivity index (χ0n) is 17.3. The Bertz CT molecular complexity index is 878. The highest BCUT2D eigenvalue weighted by Gasteiger charge is 2.44. The van der Waals surface area contributed by atoms with Gasteiger partial charge >= 0.3 is 0 Å². The molecule has 8 heteroatoms. The molecule has 160 valence electrons. The third kappa shape index (κ3) is 4.02. The molecule has 0 bridgehead atoms. The Balaban J connectivity index is 1.48. The van der Waals surface area contributed by atoms with E-state index in [0.29, 0.717) is 23.7 Å². The molecule has 1 unspecified atom stereocenters. The summed E-state index contributed by atoms with van der Waals surface area (Å²) in [6, 6.07) is 4.90. The molecule has 2 atom stereocenters. The highest BCUT2D eigenvalue weighted by molar-refractivity contribution is 6.23. The second-order valence-electron chi connectivity index (χ2n) is 8.30. The van der Waals surface area contributed by atoms with Crippen LogP contribution in [0.4, 0.5) is 0 Å². The summed E-state index contributed by atoms with van der Waals surface area (Å²) in [7, 11) is 0. The number of imide groups is 2. The summed E-state index contributed by atoms with van der Waals surface area (Å²) < 4.78 is 0. The monoisotopic (exact) mass is 412 g/mol. The molecule has 30 heavy (non-hydrogen) atoms. The molecule has 2 saturated heterocycles. The average molecular weight is 412 g/mol. The summed E-state index contributed by atoms with van der Waals surface area (Å²) in [6.07, 6.45) is 3.94. The molecule has 1 aromatic carbocycles. The second-order valence-corrected chi connectivity index (χ2v) is 8.30. The smallest absolute Gasteiger partial charge is 0.262 e. The van der Waals surface area contributed by atoms with Crippen molar-refractivity contribution in [3.8, 4) is 0 Å². The molecule has 1 aromatic rings. The van der Waals surface area contributed by atoms with Gasteiger partial charge in [0, 0.05) is 25.6 Å². The van der Waals surface area contributed by atoms with Crippen LogP contribution in [-0.2, 0) is 16.1 Å². The predicted molar refractivity (Wildman–Crippen MR) is 110 cm³/mol. The van der Waals surface area contributed by atoms with Gasteiger partial charge in [0.15, 0.2) is 0 Å². The molecule has 3 aliphatic rings. The Labute approximate surface area is 176 Å². The number of benzene rings is 1. The van der Waals surface area contributed by atoms with Crippen molar-refractivity contribution in [3.63, 3.8) is 0 Å². The third-order valence-electron chi connectivity index (χ3n) is 6.25. The van der Waals surface area contributed by atoms with Crippen LogP contribution < -0.4 is 10.6 Å². The maximum Gasteiger partial charge on any atom is 0.262 e. The van der Waals surface area contributed by atoms with Gasteiger partial charge in [-0.3, -0.25) is 34.3 Å². The molecule has 3 heterocycles. The molecule has 2 fully saturated rings. The van der Waals surface area contributed by atoms with Crippen molar-refractivity contribution < 1.29 is 19.2 Å². The molecule has 0 saturated carbocycles. The van der Waals surface area contributed by atoms with E-state index in [4.69, 9.17) is 0 Å². The molecule has 2 N–H and O–H groups in total. The number of nitrogens with one attached hydrogen (secondary N) is 2. The van der Waals surface area contributed by atoms with Crippen LogP contribution >= 0.6 is 0 Å². The number of likely N-dealkylation sites (N-methyl/N-ethyl adjacent to an activating group) is 1. The molecule has 8 nitrogen and oxygen atoms in total. The molecule has 3 aliphatic heterocycles. The number of amides is 4. The summed E-state index contributed by atoms with van der Waals surface area (Å²) in [6.45, 7) is 5.72.